The topological polar surface area (TPSA) is 86.9 Å². The van der Waals surface area contributed by atoms with E-state index in [2.05, 4.69) is 20.3 Å². The van der Waals surface area contributed by atoms with Gasteiger partial charge in [0, 0.05) is 50.8 Å². The van der Waals surface area contributed by atoms with E-state index in [0.29, 0.717) is 41.8 Å². The van der Waals surface area contributed by atoms with Gasteiger partial charge in [-0.2, -0.15) is 13.2 Å². The number of fused-ring (bicyclic) bond motifs is 2. The van der Waals surface area contributed by atoms with Gasteiger partial charge in [0.15, 0.2) is 0 Å². The second-order valence-electron chi connectivity index (χ2n) is 9.06. The molecule has 36 heavy (non-hydrogen) atoms. The number of benzene rings is 1. The molecule has 0 saturated carbocycles. The summed E-state index contributed by atoms with van der Waals surface area (Å²) < 4.78 is 49.8. The molecule has 1 aliphatic heterocycles. The predicted octanol–water partition coefficient (Wildman–Crippen LogP) is 4.84. The fourth-order valence-corrected chi connectivity index (χ4v) is 4.66. The van der Waals surface area contributed by atoms with Crippen LogP contribution in [0.15, 0.2) is 36.5 Å². The number of alkyl halides is 3. The molecule has 0 spiro atoms. The molecule has 0 bridgehead atoms. The summed E-state index contributed by atoms with van der Waals surface area (Å²) >= 11 is 0. The Morgan fingerprint density at radius 3 is 2.72 bits per heavy atom. The molecule has 0 aliphatic carbocycles. The zero-order valence-corrected chi connectivity index (χ0v) is 20.1. The van der Waals surface area contributed by atoms with Gasteiger partial charge in [-0.05, 0) is 38.5 Å². The Balaban J connectivity index is 1.35. The highest BCUT2D eigenvalue weighted by Crippen LogP contribution is 2.35. The normalized spacial score (nSPS) is 15.7. The summed E-state index contributed by atoms with van der Waals surface area (Å²) in [6.45, 7) is 3.07. The molecule has 1 atom stereocenters. The van der Waals surface area contributed by atoms with Crippen LogP contribution in [0.1, 0.15) is 36.3 Å². The molecule has 0 saturated heterocycles. The minimum atomic E-state index is -4.45. The highest BCUT2D eigenvalue weighted by molar-refractivity contribution is 5.80. The molecule has 3 aromatic heterocycles. The summed E-state index contributed by atoms with van der Waals surface area (Å²) in [6, 6.07) is 8.68. The Labute approximate surface area is 205 Å². The van der Waals surface area contributed by atoms with Gasteiger partial charge in [0.1, 0.15) is 28.8 Å². The summed E-state index contributed by atoms with van der Waals surface area (Å²) in [5, 5.41) is 3.32. The Bertz CT molecular complexity index is 1460. The molecule has 0 unspecified atom stereocenters. The Morgan fingerprint density at radius 2 is 1.97 bits per heavy atom. The number of imidazole rings is 2. The van der Waals surface area contributed by atoms with Crippen molar-refractivity contribution in [3.8, 4) is 11.5 Å². The van der Waals surface area contributed by atoms with Crippen molar-refractivity contribution in [3.05, 3.63) is 59.4 Å². The van der Waals surface area contributed by atoms with E-state index in [1.807, 2.05) is 23.7 Å². The van der Waals surface area contributed by atoms with Gasteiger partial charge in [0.05, 0.1) is 22.4 Å². The maximum absolute atomic E-state index is 13.6. The molecule has 1 N–H and O–H groups in total. The molecule has 0 radical (unpaired) electrons. The largest absolute Gasteiger partial charge is 0.457 e. The van der Waals surface area contributed by atoms with E-state index < -0.39 is 11.9 Å². The molecule has 0 amide bonds. The molecule has 11 heteroatoms. The number of pyridine rings is 1. The van der Waals surface area contributed by atoms with Crippen LogP contribution in [-0.2, 0) is 37.4 Å². The predicted molar refractivity (Wildman–Crippen MR) is 127 cm³/mol. The van der Waals surface area contributed by atoms with Gasteiger partial charge < -0.3 is 19.2 Å². The van der Waals surface area contributed by atoms with Gasteiger partial charge in [-0.25, -0.2) is 9.97 Å². The first-order valence-electron chi connectivity index (χ1n) is 11.6. The summed E-state index contributed by atoms with van der Waals surface area (Å²) in [5.41, 5.74) is 1.49. The quantitative estimate of drug-likeness (QED) is 0.409. The van der Waals surface area contributed by atoms with Crippen molar-refractivity contribution >= 4 is 22.8 Å². The molecule has 1 aliphatic rings. The second kappa shape index (κ2) is 8.96. The first-order valence-corrected chi connectivity index (χ1v) is 11.6. The van der Waals surface area contributed by atoms with Crippen molar-refractivity contribution in [2.45, 2.75) is 51.9 Å². The maximum atomic E-state index is 13.6. The van der Waals surface area contributed by atoms with Crippen LogP contribution >= 0.6 is 0 Å². The van der Waals surface area contributed by atoms with Gasteiger partial charge in [0.25, 0.3) is 0 Å². The lowest BCUT2D eigenvalue weighted by Crippen LogP contribution is -2.34. The van der Waals surface area contributed by atoms with Crippen molar-refractivity contribution in [1.82, 2.24) is 24.1 Å². The molecular formula is C25H25F3N6O2. The van der Waals surface area contributed by atoms with Crippen LogP contribution in [0, 0.1) is 6.92 Å². The zero-order valence-electron chi connectivity index (χ0n) is 20.1. The van der Waals surface area contributed by atoms with Crippen LogP contribution in [0.5, 0.6) is 11.5 Å². The molecule has 8 nitrogen and oxygen atoms in total. The highest BCUT2D eigenvalue weighted by Gasteiger charge is 2.40. The third kappa shape index (κ3) is 4.65. The molecule has 4 aromatic rings. The standard InChI is InChI=1S/C25H25F3N6O2/c1-14(35)10-17-11-19(8-9-29-17)36-18-5-6-20-21(12-18)33(3)24(32-20)31-16-4-7-22-30-15(2)23(25(26,27)28)34(22)13-16/h5-6,8-9,11-12,16H,4,7,10,13H2,1-3H3,(H,31,32)/t16-/m0/s1. The highest BCUT2D eigenvalue weighted by atomic mass is 19.4. The second-order valence-corrected chi connectivity index (χ2v) is 9.06. The van der Waals surface area contributed by atoms with Crippen molar-refractivity contribution in [3.63, 3.8) is 0 Å². The van der Waals surface area contributed by atoms with Gasteiger partial charge in [0.2, 0.25) is 5.95 Å². The van der Waals surface area contributed by atoms with Crippen LogP contribution in [-0.4, -0.2) is 35.9 Å². The number of aryl methyl sites for hydroxylation is 3. The third-order valence-corrected chi connectivity index (χ3v) is 6.25. The average molecular weight is 499 g/mol. The monoisotopic (exact) mass is 498 g/mol. The van der Waals surface area contributed by atoms with E-state index in [0.717, 1.165) is 11.0 Å². The van der Waals surface area contributed by atoms with Crippen LogP contribution in [0.2, 0.25) is 0 Å². The van der Waals surface area contributed by atoms with Crippen molar-refractivity contribution < 1.29 is 22.7 Å². The van der Waals surface area contributed by atoms with Crippen molar-refractivity contribution in [1.29, 1.82) is 0 Å². The molecule has 5 rings (SSSR count). The summed E-state index contributed by atoms with van der Waals surface area (Å²) in [4.78, 5) is 24.3. The molecule has 0 fully saturated rings. The number of halogens is 3. The number of ketones is 1. The number of carbonyl (C=O) groups is 1. The number of nitrogens with one attached hydrogen (secondary N) is 1. The SMILES string of the molecule is CC(=O)Cc1cc(Oc2ccc3nc(N[C@H]4CCc5nc(C)c(C(F)(F)F)n5C4)n(C)c3c2)ccn1. The Hall–Kier alpha value is -3.89. The first-order chi connectivity index (χ1) is 17.1. The van der Waals surface area contributed by atoms with Crippen LogP contribution in [0.3, 0.4) is 0 Å². The lowest BCUT2D eigenvalue weighted by Gasteiger charge is -2.27. The Kier molecular flexibility index (Phi) is 5.93. The van der Waals surface area contributed by atoms with Gasteiger partial charge in [-0.15, -0.1) is 0 Å². The average Bonchev–Trinajstić information content (AvgIpc) is 3.29. The molecule has 4 heterocycles. The lowest BCUT2D eigenvalue weighted by molar-refractivity contribution is -0.144. The van der Waals surface area contributed by atoms with E-state index in [1.54, 1.807) is 24.4 Å². The number of Topliss-reactive ketones (excluding diaryl/α,β-unsaturated/α-hetero) is 1. The van der Waals surface area contributed by atoms with Crippen molar-refractivity contribution in [2.75, 3.05) is 5.32 Å². The fourth-order valence-electron chi connectivity index (χ4n) is 4.66. The summed E-state index contributed by atoms with van der Waals surface area (Å²) in [5.74, 6) is 2.20. The molecule has 188 valence electrons. The Morgan fingerprint density at radius 1 is 1.19 bits per heavy atom. The van der Waals surface area contributed by atoms with E-state index in [-0.39, 0.29) is 30.5 Å². The number of nitrogens with zero attached hydrogens (tertiary/aromatic N) is 5. The maximum Gasteiger partial charge on any atom is 0.433 e. The van der Waals surface area contributed by atoms with E-state index in [9.17, 15) is 18.0 Å². The van der Waals surface area contributed by atoms with Crippen LogP contribution < -0.4 is 10.1 Å². The number of aromatic nitrogens is 5. The van der Waals surface area contributed by atoms with Crippen molar-refractivity contribution in [2.24, 2.45) is 7.05 Å². The molecular weight excluding hydrogens is 473 g/mol. The van der Waals surface area contributed by atoms with Gasteiger partial charge in [-0.1, -0.05) is 0 Å². The number of hydrogen-bond acceptors (Lipinski definition) is 6. The van der Waals surface area contributed by atoms with E-state index >= 15 is 0 Å². The fraction of sp³-hybridized carbons (Fsp3) is 0.360. The minimum Gasteiger partial charge on any atom is -0.457 e. The lowest BCUT2D eigenvalue weighted by atomic mass is 10.1. The van der Waals surface area contributed by atoms with Gasteiger partial charge >= 0.3 is 6.18 Å². The van der Waals surface area contributed by atoms with E-state index in [1.165, 1.54) is 18.4 Å². The zero-order chi connectivity index (χ0) is 25.6. The van der Waals surface area contributed by atoms with Crippen LogP contribution in [0.25, 0.3) is 11.0 Å². The number of rotatable bonds is 6. The third-order valence-electron chi connectivity index (χ3n) is 6.25. The number of hydrogen-bond donors (Lipinski definition) is 1. The number of anilines is 1. The smallest absolute Gasteiger partial charge is 0.433 e. The summed E-state index contributed by atoms with van der Waals surface area (Å²) in [7, 11) is 1.84. The number of ether oxygens (including phenoxy) is 1. The first kappa shape index (κ1) is 23.8. The van der Waals surface area contributed by atoms with Gasteiger partial charge in [-0.3, -0.25) is 9.78 Å². The number of carbonyl (C=O) groups excluding carboxylic acids is 1. The minimum absolute atomic E-state index is 0.0102. The van der Waals surface area contributed by atoms with Crippen LogP contribution in [0.4, 0.5) is 19.1 Å². The summed E-state index contributed by atoms with van der Waals surface area (Å²) in [6.07, 6.45) is -1.52. The van der Waals surface area contributed by atoms with E-state index in [4.69, 9.17) is 4.74 Å². The molecule has 1 aromatic carbocycles.